The van der Waals surface area contributed by atoms with E-state index in [1.165, 1.54) is 0 Å². The molecule has 3 N–H and O–H groups in total. The Morgan fingerprint density at radius 1 is 1.31 bits per heavy atom. The molecule has 0 saturated heterocycles. The zero-order chi connectivity index (χ0) is 11.4. The lowest BCUT2D eigenvalue weighted by Crippen LogP contribution is -2.12. The van der Waals surface area contributed by atoms with Gasteiger partial charge in [-0.15, -0.1) is 0 Å². The van der Waals surface area contributed by atoms with Gasteiger partial charge in [0.25, 0.3) is 0 Å². The molecule has 0 spiro atoms. The van der Waals surface area contributed by atoms with E-state index in [-0.39, 0.29) is 6.61 Å². The first-order valence-electron chi connectivity index (χ1n) is 5.05. The molecule has 0 bridgehead atoms. The number of nitrogens with two attached hydrogens (primary N) is 1. The Labute approximate surface area is 92.9 Å². The first-order valence-corrected chi connectivity index (χ1v) is 5.05. The molecule has 1 aromatic heterocycles. The van der Waals surface area contributed by atoms with E-state index in [1.54, 1.807) is 0 Å². The average molecular weight is 219 g/mol. The Morgan fingerprint density at radius 2 is 2.06 bits per heavy atom. The number of benzene rings is 1. The molecule has 2 rings (SSSR count). The number of nitrogens with zero attached hydrogens (tertiary/aromatic N) is 2. The van der Waals surface area contributed by atoms with Crippen LogP contribution in [0, 0.1) is 0 Å². The van der Waals surface area contributed by atoms with Crippen molar-refractivity contribution in [3.8, 4) is 0 Å². The first kappa shape index (κ1) is 10.8. The lowest BCUT2D eigenvalue weighted by molar-refractivity contribution is 0.292. The normalized spacial score (nSPS) is 12.6. The van der Waals surface area contributed by atoms with Gasteiger partial charge in [0, 0.05) is 6.42 Å². The Kier molecular flexibility index (Phi) is 3.28. The Bertz CT molecular complexity index is 442. The Morgan fingerprint density at radius 3 is 2.75 bits per heavy atom. The molecule has 5 heteroatoms. The number of hydrogen-bond acceptors (Lipinski definition) is 5. The minimum Gasteiger partial charge on any atom is -0.396 e. The summed E-state index contributed by atoms with van der Waals surface area (Å²) in [5.41, 5.74) is 6.89. The van der Waals surface area contributed by atoms with Gasteiger partial charge in [0.2, 0.25) is 5.89 Å². The third-order valence-corrected chi connectivity index (χ3v) is 2.24. The van der Waals surface area contributed by atoms with Crippen molar-refractivity contribution < 1.29 is 9.63 Å². The van der Waals surface area contributed by atoms with E-state index in [9.17, 15) is 0 Å². The molecule has 0 radical (unpaired) electrons. The number of hydrogen-bond donors (Lipinski definition) is 2. The predicted octanol–water partition coefficient (Wildman–Crippen LogP) is 0.652. The molecule has 1 atom stereocenters. The third-order valence-electron chi connectivity index (χ3n) is 2.24. The number of aliphatic hydroxyl groups excluding tert-OH is 1. The van der Waals surface area contributed by atoms with E-state index < -0.39 is 6.04 Å². The summed E-state index contributed by atoms with van der Waals surface area (Å²) >= 11 is 0. The van der Waals surface area contributed by atoms with Crippen LogP contribution in [0.5, 0.6) is 0 Å². The quantitative estimate of drug-likeness (QED) is 0.788. The SMILES string of the molecule is NC(c1ccccc1)c1nc(CCO)no1. The van der Waals surface area contributed by atoms with E-state index in [2.05, 4.69) is 10.1 Å². The molecule has 0 amide bonds. The van der Waals surface area contributed by atoms with Gasteiger partial charge in [-0.05, 0) is 5.56 Å². The summed E-state index contributed by atoms with van der Waals surface area (Å²) in [5, 5.41) is 12.5. The average Bonchev–Trinajstić information content (AvgIpc) is 2.78. The van der Waals surface area contributed by atoms with Crippen LogP contribution in [-0.2, 0) is 6.42 Å². The molecule has 2 aromatic rings. The fraction of sp³-hybridized carbons (Fsp3) is 0.273. The molecular weight excluding hydrogens is 206 g/mol. The van der Waals surface area contributed by atoms with Crippen LogP contribution in [0.15, 0.2) is 34.9 Å². The maximum absolute atomic E-state index is 8.73. The van der Waals surface area contributed by atoms with E-state index in [1.807, 2.05) is 30.3 Å². The second kappa shape index (κ2) is 4.87. The molecule has 16 heavy (non-hydrogen) atoms. The van der Waals surface area contributed by atoms with E-state index in [4.69, 9.17) is 15.4 Å². The fourth-order valence-electron chi connectivity index (χ4n) is 1.40. The van der Waals surface area contributed by atoms with Crippen molar-refractivity contribution in [1.82, 2.24) is 10.1 Å². The molecule has 0 aliphatic rings. The summed E-state index contributed by atoms with van der Waals surface area (Å²) in [7, 11) is 0. The van der Waals surface area contributed by atoms with Crippen LogP contribution in [0.4, 0.5) is 0 Å². The molecule has 0 aliphatic carbocycles. The van der Waals surface area contributed by atoms with Gasteiger partial charge >= 0.3 is 0 Å². The van der Waals surface area contributed by atoms with Crippen LogP contribution in [0.2, 0.25) is 0 Å². The van der Waals surface area contributed by atoms with Crippen molar-refractivity contribution in [1.29, 1.82) is 0 Å². The summed E-state index contributed by atoms with van der Waals surface area (Å²) in [6, 6.07) is 9.11. The molecule has 0 aliphatic heterocycles. The van der Waals surface area contributed by atoms with Crippen LogP contribution < -0.4 is 5.73 Å². The lowest BCUT2D eigenvalue weighted by Gasteiger charge is -2.05. The topological polar surface area (TPSA) is 85.2 Å². The summed E-state index contributed by atoms with van der Waals surface area (Å²) in [6.45, 7) is -0.000448. The maximum Gasteiger partial charge on any atom is 0.248 e. The molecule has 0 saturated carbocycles. The minimum atomic E-state index is -0.416. The monoisotopic (exact) mass is 219 g/mol. The summed E-state index contributed by atoms with van der Waals surface area (Å²) in [5.74, 6) is 0.846. The van der Waals surface area contributed by atoms with Gasteiger partial charge < -0.3 is 15.4 Å². The largest absolute Gasteiger partial charge is 0.396 e. The molecule has 5 nitrogen and oxygen atoms in total. The smallest absolute Gasteiger partial charge is 0.248 e. The van der Waals surface area contributed by atoms with E-state index in [0.29, 0.717) is 18.1 Å². The molecule has 1 unspecified atom stereocenters. The Balaban J connectivity index is 2.17. The molecule has 0 fully saturated rings. The zero-order valence-corrected chi connectivity index (χ0v) is 8.71. The summed E-state index contributed by atoms with van der Waals surface area (Å²) in [6.07, 6.45) is 0.380. The Hall–Kier alpha value is -1.72. The van der Waals surface area contributed by atoms with Crippen LogP contribution in [0.1, 0.15) is 23.3 Å². The highest BCUT2D eigenvalue weighted by molar-refractivity contribution is 5.22. The van der Waals surface area contributed by atoms with Crippen LogP contribution in [0.25, 0.3) is 0 Å². The highest BCUT2D eigenvalue weighted by Gasteiger charge is 2.15. The van der Waals surface area contributed by atoms with Crippen LogP contribution >= 0.6 is 0 Å². The summed E-state index contributed by atoms with van der Waals surface area (Å²) < 4.78 is 5.04. The minimum absolute atomic E-state index is 0.000448. The van der Waals surface area contributed by atoms with Gasteiger partial charge in [-0.3, -0.25) is 0 Å². The summed E-state index contributed by atoms with van der Waals surface area (Å²) in [4.78, 5) is 4.11. The molecule has 84 valence electrons. The van der Waals surface area contributed by atoms with Crippen LogP contribution in [-0.4, -0.2) is 21.9 Å². The van der Waals surface area contributed by atoms with Gasteiger partial charge in [0.05, 0.1) is 6.61 Å². The zero-order valence-electron chi connectivity index (χ0n) is 8.71. The number of rotatable bonds is 4. The van der Waals surface area contributed by atoms with Crippen molar-refractivity contribution in [3.05, 3.63) is 47.6 Å². The predicted molar refractivity (Wildman–Crippen MR) is 57.6 cm³/mol. The lowest BCUT2D eigenvalue weighted by atomic mass is 10.1. The third kappa shape index (κ3) is 2.26. The van der Waals surface area contributed by atoms with Crippen molar-refractivity contribution >= 4 is 0 Å². The van der Waals surface area contributed by atoms with Gasteiger partial charge in [-0.1, -0.05) is 35.5 Å². The van der Waals surface area contributed by atoms with Crippen molar-refractivity contribution in [3.63, 3.8) is 0 Å². The second-order valence-electron chi connectivity index (χ2n) is 3.41. The van der Waals surface area contributed by atoms with Crippen molar-refractivity contribution in [2.45, 2.75) is 12.5 Å². The van der Waals surface area contributed by atoms with Gasteiger partial charge in [-0.25, -0.2) is 0 Å². The highest BCUT2D eigenvalue weighted by atomic mass is 16.5. The van der Waals surface area contributed by atoms with Gasteiger partial charge in [-0.2, -0.15) is 4.98 Å². The molecular formula is C11H13N3O2. The fourth-order valence-corrected chi connectivity index (χ4v) is 1.40. The van der Waals surface area contributed by atoms with Gasteiger partial charge in [0.1, 0.15) is 6.04 Å². The van der Waals surface area contributed by atoms with E-state index in [0.717, 1.165) is 5.56 Å². The van der Waals surface area contributed by atoms with Gasteiger partial charge in [0.15, 0.2) is 5.82 Å². The number of aromatic nitrogens is 2. The van der Waals surface area contributed by atoms with Crippen molar-refractivity contribution in [2.75, 3.05) is 6.61 Å². The highest BCUT2D eigenvalue weighted by Crippen LogP contribution is 2.17. The van der Waals surface area contributed by atoms with Crippen molar-refractivity contribution in [2.24, 2.45) is 5.73 Å². The second-order valence-corrected chi connectivity index (χ2v) is 3.41. The van der Waals surface area contributed by atoms with E-state index >= 15 is 0 Å². The number of aliphatic hydroxyl groups is 1. The molecule has 1 aromatic carbocycles. The molecule has 1 heterocycles. The maximum atomic E-state index is 8.73. The van der Waals surface area contributed by atoms with Crippen LogP contribution in [0.3, 0.4) is 0 Å². The first-order chi connectivity index (χ1) is 7.81. The standard InChI is InChI=1S/C11H13N3O2/c12-10(8-4-2-1-3-5-8)11-13-9(6-7-15)14-16-11/h1-5,10,15H,6-7,12H2.